The van der Waals surface area contributed by atoms with Gasteiger partial charge in [0.1, 0.15) is 21.4 Å². The number of hydrogen-bond donors (Lipinski definition) is 3. The van der Waals surface area contributed by atoms with Crippen LogP contribution in [0.3, 0.4) is 0 Å². The van der Waals surface area contributed by atoms with E-state index in [1.165, 1.54) is 22.7 Å². The van der Waals surface area contributed by atoms with Crippen molar-refractivity contribution in [3.8, 4) is 0 Å². The number of benzene rings is 1. The van der Waals surface area contributed by atoms with Gasteiger partial charge in [0, 0.05) is 48.7 Å². The highest BCUT2D eigenvalue weighted by Crippen LogP contribution is 2.27. The van der Waals surface area contributed by atoms with Crippen LogP contribution >= 0.6 is 22.7 Å². The Balaban J connectivity index is 1.41. The van der Waals surface area contributed by atoms with Gasteiger partial charge in [-0.15, -0.1) is 22.7 Å². The number of aromatic nitrogens is 3. The predicted octanol–water partition coefficient (Wildman–Crippen LogP) is 5.28. The summed E-state index contributed by atoms with van der Waals surface area (Å²) in [5, 5.41) is 13.8. The fourth-order valence-electron chi connectivity index (χ4n) is 5.43. The molecule has 4 bridgehead atoms. The Morgan fingerprint density at radius 3 is 2.27 bits per heavy atom. The Morgan fingerprint density at radius 2 is 1.58 bits per heavy atom. The quantitative estimate of drug-likeness (QED) is 0.259. The monoisotopic (exact) mass is 687 g/mol. The lowest BCUT2D eigenvalue weighted by molar-refractivity contribution is -0.122. The van der Waals surface area contributed by atoms with E-state index in [-0.39, 0.29) is 53.4 Å². The second-order valence-electron chi connectivity index (χ2n) is 12.3. The lowest BCUT2D eigenvalue weighted by Gasteiger charge is -2.23. The van der Waals surface area contributed by atoms with Gasteiger partial charge >= 0.3 is 0 Å². The van der Waals surface area contributed by atoms with E-state index >= 15 is 0 Å². The largest absolute Gasteiger partial charge is 0.351 e. The van der Waals surface area contributed by atoms with Crippen LogP contribution in [0, 0.1) is 12.8 Å². The molecule has 5 rings (SSSR count). The first-order chi connectivity index (χ1) is 23.2. The molecule has 0 aliphatic carbocycles. The van der Waals surface area contributed by atoms with Gasteiger partial charge in [-0.1, -0.05) is 44.2 Å². The third-order valence-corrected chi connectivity index (χ3v) is 9.82. The second kappa shape index (κ2) is 16.6. The van der Waals surface area contributed by atoms with Gasteiger partial charge in [0.15, 0.2) is 0 Å². The molecule has 1 aliphatic heterocycles. The number of fused-ring (bicyclic) bond motifs is 4. The SMILES string of the molecule is Cc1ccc(C(=O)N2CCCNC(=O)c3csc(n3)[C@H](Cc3ccccc3)NC(=O)c3csc(n3)[C@H](CC(C)C)NC(=O)CCC2)cn1. The summed E-state index contributed by atoms with van der Waals surface area (Å²) in [4.78, 5) is 68.5. The Kier molecular flexibility index (Phi) is 12.0. The summed E-state index contributed by atoms with van der Waals surface area (Å²) in [6, 6.07) is 12.5. The summed E-state index contributed by atoms with van der Waals surface area (Å²) < 4.78 is 0. The third kappa shape index (κ3) is 9.54. The highest BCUT2D eigenvalue weighted by molar-refractivity contribution is 7.10. The number of nitrogens with one attached hydrogen (secondary N) is 3. The number of nitrogens with zero attached hydrogens (tertiary/aromatic N) is 4. The molecular weight excluding hydrogens is 647 g/mol. The Bertz CT molecular complexity index is 1700. The van der Waals surface area contributed by atoms with Crippen molar-refractivity contribution in [2.45, 2.75) is 65.0 Å². The Morgan fingerprint density at radius 1 is 0.896 bits per heavy atom. The fourth-order valence-corrected chi connectivity index (χ4v) is 7.14. The van der Waals surface area contributed by atoms with Gasteiger partial charge in [0.2, 0.25) is 5.91 Å². The summed E-state index contributed by atoms with van der Waals surface area (Å²) in [7, 11) is 0. The molecule has 4 heterocycles. The average molecular weight is 688 g/mol. The van der Waals surface area contributed by atoms with Crippen LogP contribution in [0.25, 0.3) is 0 Å². The van der Waals surface area contributed by atoms with E-state index in [0.29, 0.717) is 60.9 Å². The van der Waals surface area contributed by atoms with Crippen molar-refractivity contribution in [1.82, 2.24) is 35.8 Å². The zero-order chi connectivity index (χ0) is 34.0. The van der Waals surface area contributed by atoms with E-state index in [9.17, 15) is 19.2 Å². The summed E-state index contributed by atoms with van der Waals surface area (Å²) in [6.07, 6.45) is 3.88. The molecule has 2 atom stereocenters. The molecule has 0 radical (unpaired) electrons. The van der Waals surface area contributed by atoms with E-state index in [0.717, 1.165) is 11.3 Å². The van der Waals surface area contributed by atoms with Crippen molar-refractivity contribution in [2.24, 2.45) is 5.92 Å². The molecule has 0 fully saturated rings. The van der Waals surface area contributed by atoms with Crippen LogP contribution in [0.15, 0.2) is 59.4 Å². The van der Waals surface area contributed by atoms with Gasteiger partial charge in [-0.25, -0.2) is 9.97 Å². The van der Waals surface area contributed by atoms with Crippen molar-refractivity contribution in [3.05, 3.63) is 97.6 Å². The molecule has 252 valence electrons. The van der Waals surface area contributed by atoms with Crippen molar-refractivity contribution < 1.29 is 19.2 Å². The molecular formula is C35H41N7O4S2. The van der Waals surface area contributed by atoms with Crippen molar-refractivity contribution in [1.29, 1.82) is 0 Å². The summed E-state index contributed by atoms with van der Waals surface area (Å²) in [6.45, 7) is 7.09. The first-order valence-corrected chi connectivity index (χ1v) is 18.0. The minimum absolute atomic E-state index is 0.147. The van der Waals surface area contributed by atoms with Crippen LogP contribution in [0.5, 0.6) is 0 Å². The fraction of sp³-hybridized carbons (Fsp3) is 0.400. The maximum Gasteiger partial charge on any atom is 0.271 e. The molecule has 48 heavy (non-hydrogen) atoms. The van der Waals surface area contributed by atoms with Crippen LogP contribution in [0.4, 0.5) is 0 Å². The Hall–Kier alpha value is -4.49. The number of carbonyl (C=O) groups is 4. The minimum Gasteiger partial charge on any atom is -0.351 e. The summed E-state index contributed by atoms with van der Waals surface area (Å²) >= 11 is 2.65. The van der Waals surface area contributed by atoms with Crippen LogP contribution in [0.1, 0.15) is 104 Å². The lowest BCUT2D eigenvalue weighted by atomic mass is 10.0. The molecule has 0 spiro atoms. The zero-order valence-corrected chi connectivity index (χ0v) is 29.0. The van der Waals surface area contributed by atoms with Gasteiger partial charge in [-0.2, -0.15) is 0 Å². The standard InChI is InChI=1S/C35H41N7O4S2/c1-22(2)17-26-33-41-29(21-48-33)32(45)39-27(18-24-9-5-4-6-10-24)34-40-28(20-47-34)31(44)36-14-8-16-42(15-7-11-30(43)38-26)35(46)25-13-12-23(3)37-19-25/h4-6,9-10,12-13,19-22,26-27H,7-8,11,14-18H2,1-3H3,(H,36,44)(H,38,43)(H,39,45)/t26-,27-/m0/s1. The summed E-state index contributed by atoms with van der Waals surface area (Å²) in [5.41, 5.74) is 2.82. The Labute approximate surface area is 288 Å². The van der Waals surface area contributed by atoms with E-state index in [1.54, 1.807) is 34.0 Å². The maximum absolute atomic E-state index is 13.5. The lowest BCUT2D eigenvalue weighted by Crippen LogP contribution is -2.36. The van der Waals surface area contributed by atoms with Crippen LogP contribution in [-0.4, -0.2) is 63.1 Å². The van der Waals surface area contributed by atoms with Crippen LogP contribution in [0.2, 0.25) is 0 Å². The molecule has 3 aromatic heterocycles. The molecule has 1 aliphatic rings. The number of thiazole rings is 2. The van der Waals surface area contributed by atoms with E-state index < -0.39 is 6.04 Å². The molecule has 0 unspecified atom stereocenters. The second-order valence-corrected chi connectivity index (χ2v) is 14.1. The number of carbonyl (C=O) groups excluding carboxylic acids is 4. The van der Waals surface area contributed by atoms with Gasteiger partial charge < -0.3 is 20.9 Å². The van der Waals surface area contributed by atoms with Gasteiger partial charge in [-0.3, -0.25) is 24.2 Å². The van der Waals surface area contributed by atoms with Crippen molar-refractivity contribution in [3.63, 3.8) is 0 Å². The molecule has 0 saturated heterocycles. The van der Waals surface area contributed by atoms with E-state index in [1.807, 2.05) is 37.3 Å². The van der Waals surface area contributed by atoms with Crippen LogP contribution in [-0.2, 0) is 11.2 Å². The molecule has 11 nitrogen and oxygen atoms in total. The normalized spacial score (nSPS) is 18.4. The number of aryl methyl sites for hydroxylation is 1. The van der Waals surface area contributed by atoms with Gasteiger partial charge in [-0.05, 0) is 56.2 Å². The molecule has 0 saturated carbocycles. The molecule has 13 heteroatoms. The minimum atomic E-state index is -0.493. The van der Waals surface area contributed by atoms with Crippen molar-refractivity contribution in [2.75, 3.05) is 19.6 Å². The molecule has 3 N–H and O–H groups in total. The molecule has 1 aromatic carbocycles. The average Bonchev–Trinajstić information content (AvgIpc) is 3.77. The number of amides is 4. The highest BCUT2D eigenvalue weighted by Gasteiger charge is 2.26. The predicted molar refractivity (Wildman–Crippen MR) is 186 cm³/mol. The van der Waals surface area contributed by atoms with E-state index in [4.69, 9.17) is 0 Å². The number of hydrogen-bond acceptors (Lipinski definition) is 9. The maximum atomic E-state index is 13.5. The summed E-state index contributed by atoms with van der Waals surface area (Å²) in [5.74, 6) is -0.731. The van der Waals surface area contributed by atoms with Crippen LogP contribution < -0.4 is 16.0 Å². The van der Waals surface area contributed by atoms with Gasteiger partial charge in [0.25, 0.3) is 17.7 Å². The third-order valence-electron chi connectivity index (χ3n) is 7.90. The zero-order valence-electron chi connectivity index (χ0n) is 27.4. The highest BCUT2D eigenvalue weighted by atomic mass is 32.1. The van der Waals surface area contributed by atoms with Gasteiger partial charge in [0.05, 0.1) is 17.6 Å². The number of rotatable bonds is 5. The first-order valence-electron chi connectivity index (χ1n) is 16.2. The van der Waals surface area contributed by atoms with Crippen molar-refractivity contribution >= 4 is 46.3 Å². The van der Waals surface area contributed by atoms with E-state index in [2.05, 4.69) is 44.7 Å². The smallest absolute Gasteiger partial charge is 0.271 e. The molecule has 4 aromatic rings. The first kappa shape index (κ1) is 34.8. The molecule has 4 amide bonds. The number of pyridine rings is 1. The topological polar surface area (TPSA) is 146 Å².